The van der Waals surface area contributed by atoms with Gasteiger partial charge in [0, 0.05) is 24.3 Å². The molecule has 0 aliphatic carbocycles. The average molecular weight is 353 g/mol. The fraction of sp³-hybridized carbons (Fsp3) is 0.429. The first-order valence-corrected chi connectivity index (χ1v) is 9.31. The van der Waals surface area contributed by atoms with Crippen LogP contribution in [0.4, 0.5) is 11.5 Å². The zero-order valence-corrected chi connectivity index (χ0v) is 15.8. The molecule has 0 saturated carbocycles. The SMILES string of the molecule is CCC1CCCCN1C(=O)c1ccnc(Nc2cc(C)ccc2OC)c1. The van der Waals surface area contributed by atoms with E-state index in [9.17, 15) is 4.79 Å². The lowest BCUT2D eigenvalue weighted by Gasteiger charge is -2.35. The highest BCUT2D eigenvalue weighted by Crippen LogP contribution is 2.28. The molecule has 1 aromatic carbocycles. The molecule has 1 aliphatic rings. The minimum Gasteiger partial charge on any atom is -0.495 e. The number of hydrogen-bond donors (Lipinski definition) is 1. The summed E-state index contributed by atoms with van der Waals surface area (Å²) in [5.41, 5.74) is 2.64. The number of rotatable bonds is 5. The van der Waals surface area contributed by atoms with E-state index in [4.69, 9.17) is 4.74 Å². The first kappa shape index (κ1) is 18.2. The standard InChI is InChI=1S/C21H27N3O2/c1-4-17-7-5-6-12-24(17)21(25)16-10-11-22-20(14-16)23-18-13-15(2)8-9-19(18)26-3/h8-11,13-14,17H,4-7,12H2,1-3H3,(H,22,23). The first-order valence-electron chi connectivity index (χ1n) is 9.31. The molecule has 138 valence electrons. The lowest BCUT2D eigenvalue weighted by atomic mass is 9.99. The van der Waals surface area contributed by atoms with Crippen LogP contribution in [0, 0.1) is 6.92 Å². The van der Waals surface area contributed by atoms with Gasteiger partial charge >= 0.3 is 0 Å². The Morgan fingerprint density at radius 1 is 1.31 bits per heavy atom. The Hall–Kier alpha value is -2.56. The maximum atomic E-state index is 13.0. The van der Waals surface area contributed by atoms with Gasteiger partial charge in [-0.15, -0.1) is 0 Å². The summed E-state index contributed by atoms with van der Waals surface area (Å²) < 4.78 is 5.41. The van der Waals surface area contributed by atoms with Crippen LogP contribution in [-0.2, 0) is 0 Å². The van der Waals surface area contributed by atoms with E-state index >= 15 is 0 Å². The Morgan fingerprint density at radius 2 is 2.15 bits per heavy atom. The second kappa shape index (κ2) is 8.21. The number of ether oxygens (including phenoxy) is 1. The van der Waals surface area contributed by atoms with Gasteiger partial charge in [0.1, 0.15) is 11.6 Å². The molecule has 1 aliphatic heterocycles. The summed E-state index contributed by atoms with van der Waals surface area (Å²) in [6, 6.07) is 9.89. The number of carbonyl (C=O) groups excluding carboxylic acids is 1. The monoisotopic (exact) mass is 353 g/mol. The molecular formula is C21H27N3O2. The fourth-order valence-electron chi connectivity index (χ4n) is 3.55. The average Bonchev–Trinajstić information content (AvgIpc) is 2.68. The quantitative estimate of drug-likeness (QED) is 0.857. The van der Waals surface area contributed by atoms with Crippen molar-refractivity contribution in [2.24, 2.45) is 0 Å². The van der Waals surface area contributed by atoms with Gasteiger partial charge in [0.2, 0.25) is 0 Å². The molecule has 0 radical (unpaired) electrons. The molecule has 26 heavy (non-hydrogen) atoms. The molecular weight excluding hydrogens is 326 g/mol. The van der Waals surface area contributed by atoms with Crippen molar-refractivity contribution in [3.05, 3.63) is 47.7 Å². The zero-order chi connectivity index (χ0) is 18.5. The van der Waals surface area contributed by atoms with Gasteiger partial charge in [-0.1, -0.05) is 13.0 Å². The van der Waals surface area contributed by atoms with Crippen molar-refractivity contribution in [1.29, 1.82) is 0 Å². The van der Waals surface area contributed by atoms with Crippen molar-refractivity contribution >= 4 is 17.4 Å². The van der Waals surface area contributed by atoms with E-state index in [1.165, 1.54) is 6.42 Å². The number of anilines is 2. The van der Waals surface area contributed by atoms with Crippen LogP contribution in [0.1, 0.15) is 48.5 Å². The Balaban J connectivity index is 1.82. The van der Waals surface area contributed by atoms with Crippen LogP contribution in [0.3, 0.4) is 0 Å². The summed E-state index contributed by atoms with van der Waals surface area (Å²) in [7, 11) is 1.64. The van der Waals surface area contributed by atoms with Crippen molar-refractivity contribution in [2.45, 2.75) is 45.6 Å². The largest absolute Gasteiger partial charge is 0.495 e. The van der Waals surface area contributed by atoms with Gasteiger partial charge < -0.3 is 15.0 Å². The Bertz CT molecular complexity index is 776. The molecule has 1 fully saturated rings. The van der Waals surface area contributed by atoms with Crippen LogP contribution >= 0.6 is 0 Å². The van der Waals surface area contributed by atoms with E-state index in [0.717, 1.165) is 42.8 Å². The highest BCUT2D eigenvalue weighted by molar-refractivity contribution is 5.95. The summed E-state index contributed by atoms with van der Waals surface area (Å²) in [6.45, 7) is 5.02. The summed E-state index contributed by atoms with van der Waals surface area (Å²) >= 11 is 0. The van der Waals surface area contributed by atoms with Gasteiger partial charge in [-0.05, 0) is 62.4 Å². The van der Waals surface area contributed by atoms with Crippen molar-refractivity contribution in [3.63, 3.8) is 0 Å². The molecule has 5 heteroatoms. The molecule has 1 aromatic heterocycles. The van der Waals surface area contributed by atoms with Gasteiger partial charge in [0.05, 0.1) is 12.8 Å². The lowest BCUT2D eigenvalue weighted by Crippen LogP contribution is -2.43. The molecule has 1 N–H and O–H groups in total. The first-order chi connectivity index (χ1) is 12.6. The maximum Gasteiger partial charge on any atom is 0.254 e. The van der Waals surface area contributed by atoms with Crippen LogP contribution < -0.4 is 10.1 Å². The predicted molar refractivity (Wildman–Crippen MR) is 104 cm³/mol. The Morgan fingerprint density at radius 3 is 2.92 bits per heavy atom. The molecule has 2 aromatic rings. The number of carbonyl (C=O) groups is 1. The van der Waals surface area contributed by atoms with Crippen LogP contribution in [0.25, 0.3) is 0 Å². The van der Waals surface area contributed by atoms with Crippen molar-refractivity contribution in [3.8, 4) is 5.75 Å². The molecule has 5 nitrogen and oxygen atoms in total. The van der Waals surface area contributed by atoms with Crippen LogP contribution in [0.15, 0.2) is 36.5 Å². The molecule has 0 bridgehead atoms. The summed E-state index contributed by atoms with van der Waals surface area (Å²) in [5, 5.41) is 3.28. The van der Waals surface area contributed by atoms with Gasteiger partial charge in [-0.2, -0.15) is 0 Å². The third-order valence-electron chi connectivity index (χ3n) is 4.98. The number of nitrogens with zero attached hydrogens (tertiary/aromatic N) is 2. The number of likely N-dealkylation sites (tertiary alicyclic amines) is 1. The van der Waals surface area contributed by atoms with Crippen molar-refractivity contribution < 1.29 is 9.53 Å². The number of aromatic nitrogens is 1. The lowest BCUT2D eigenvalue weighted by molar-refractivity contribution is 0.0608. The van der Waals surface area contributed by atoms with Gasteiger partial charge in [0.15, 0.2) is 0 Å². The van der Waals surface area contributed by atoms with Crippen molar-refractivity contribution in [2.75, 3.05) is 19.0 Å². The molecule has 1 atom stereocenters. The van der Waals surface area contributed by atoms with Crippen molar-refractivity contribution in [1.82, 2.24) is 9.88 Å². The van der Waals surface area contributed by atoms with E-state index in [1.807, 2.05) is 36.1 Å². The molecule has 1 saturated heterocycles. The highest BCUT2D eigenvalue weighted by atomic mass is 16.5. The number of pyridine rings is 1. The van der Waals surface area contributed by atoms with E-state index in [-0.39, 0.29) is 5.91 Å². The number of methoxy groups -OCH3 is 1. The Kier molecular flexibility index (Phi) is 5.76. The number of nitrogens with one attached hydrogen (secondary N) is 1. The van der Waals surface area contributed by atoms with E-state index in [0.29, 0.717) is 17.4 Å². The highest BCUT2D eigenvalue weighted by Gasteiger charge is 2.26. The topological polar surface area (TPSA) is 54.5 Å². The smallest absolute Gasteiger partial charge is 0.254 e. The maximum absolute atomic E-state index is 13.0. The summed E-state index contributed by atoms with van der Waals surface area (Å²) in [6.07, 6.45) is 6.07. The third kappa shape index (κ3) is 3.98. The van der Waals surface area contributed by atoms with E-state index in [1.54, 1.807) is 19.4 Å². The normalized spacial score (nSPS) is 17.0. The number of benzene rings is 1. The minimum atomic E-state index is 0.0956. The van der Waals surface area contributed by atoms with Crippen LogP contribution in [0.5, 0.6) is 5.75 Å². The number of hydrogen-bond acceptors (Lipinski definition) is 4. The molecule has 2 heterocycles. The molecule has 1 amide bonds. The number of amides is 1. The second-order valence-electron chi connectivity index (χ2n) is 6.81. The van der Waals surface area contributed by atoms with Crippen LogP contribution in [0.2, 0.25) is 0 Å². The predicted octanol–water partition coefficient (Wildman–Crippen LogP) is 4.55. The molecule has 1 unspecified atom stereocenters. The Labute approximate surface area is 155 Å². The zero-order valence-electron chi connectivity index (χ0n) is 15.8. The minimum absolute atomic E-state index is 0.0956. The van der Waals surface area contributed by atoms with Crippen LogP contribution in [-0.4, -0.2) is 35.5 Å². The van der Waals surface area contributed by atoms with E-state index in [2.05, 4.69) is 17.2 Å². The number of aryl methyl sites for hydroxylation is 1. The van der Waals surface area contributed by atoms with Gasteiger partial charge in [-0.25, -0.2) is 4.98 Å². The third-order valence-corrected chi connectivity index (χ3v) is 4.98. The fourth-order valence-corrected chi connectivity index (χ4v) is 3.55. The number of piperidine rings is 1. The van der Waals surface area contributed by atoms with Gasteiger partial charge in [-0.3, -0.25) is 4.79 Å². The molecule has 0 spiro atoms. The van der Waals surface area contributed by atoms with E-state index < -0.39 is 0 Å². The summed E-state index contributed by atoms with van der Waals surface area (Å²) in [4.78, 5) is 19.4. The molecule has 3 rings (SSSR count). The summed E-state index contributed by atoms with van der Waals surface area (Å²) in [5.74, 6) is 1.49. The second-order valence-corrected chi connectivity index (χ2v) is 6.81. The van der Waals surface area contributed by atoms with Gasteiger partial charge in [0.25, 0.3) is 5.91 Å².